The molecule has 7 aromatic rings. The van der Waals surface area contributed by atoms with Gasteiger partial charge in [0.1, 0.15) is 40.3 Å². The Labute approximate surface area is 445 Å². The minimum atomic E-state index is -0.831. The third kappa shape index (κ3) is 19.7. The van der Waals surface area contributed by atoms with Crippen LogP contribution in [0, 0.1) is 25.5 Å². The SMILES string of the molecule is O=Cc1cc(O)ccc1Br.OCCO.Oc1ccc(Br)c(C2OCCO2)c1.[C-]#[N+]c1ccc(F)cc1.[C-]#[N+]c1ccc(Oc2ccc(Br)c(C=O)c2)cc1.[C-]#[N+]c1ccc(Oc2ccc3c(c2)COB3O)cc1. The summed E-state index contributed by atoms with van der Waals surface area (Å²) in [5, 5.41) is 42.9. The second-order valence-electron chi connectivity index (χ2n) is 14.4. The summed E-state index contributed by atoms with van der Waals surface area (Å²) >= 11 is 9.79. The molecule has 5 N–H and O–H groups in total. The van der Waals surface area contributed by atoms with Crippen molar-refractivity contribution in [3.8, 4) is 34.5 Å². The van der Waals surface area contributed by atoms with E-state index < -0.39 is 7.12 Å². The number of phenols is 2. The van der Waals surface area contributed by atoms with Gasteiger partial charge in [-0.1, -0.05) is 90.3 Å². The van der Waals surface area contributed by atoms with Gasteiger partial charge in [-0.15, -0.1) is 0 Å². The molecule has 2 heterocycles. The van der Waals surface area contributed by atoms with Gasteiger partial charge in [-0.2, -0.15) is 0 Å². The number of aliphatic hydroxyl groups excluding tert-OH is 2. The molecule has 73 heavy (non-hydrogen) atoms. The number of hydrogen-bond acceptors (Lipinski definition) is 12. The van der Waals surface area contributed by atoms with Crippen molar-refractivity contribution in [3.05, 3.63) is 221 Å². The average Bonchev–Trinajstić information content (AvgIpc) is 4.10. The molecule has 1 saturated heterocycles. The Balaban J connectivity index is 0.000000199. The van der Waals surface area contributed by atoms with Crippen LogP contribution in [0.2, 0.25) is 0 Å². The lowest BCUT2D eigenvalue weighted by Gasteiger charge is -2.11. The maximum absolute atomic E-state index is 12.1. The maximum Gasteiger partial charge on any atom is 0.491 e. The minimum Gasteiger partial charge on any atom is -0.508 e. The van der Waals surface area contributed by atoms with E-state index in [1.807, 2.05) is 6.07 Å². The van der Waals surface area contributed by atoms with Gasteiger partial charge in [-0.05, 0) is 114 Å². The van der Waals surface area contributed by atoms with Crippen LogP contribution in [0.3, 0.4) is 0 Å². The first-order chi connectivity index (χ1) is 35.2. The van der Waals surface area contributed by atoms with Gasteiger partial charge >= 0.3 is 7.12 Å². The molecule has 0 bridgehead atoms. The van der Waals surface area contributed by atoms with Gasteiger partial charge in [0, 0.05) is 30.1 Å². The molecule has 20 heteroatoms. The first-order valence-corrected chi connectivity index (χ1v) is 23.6. The molecular formula is C53H42BBr3FN3O12. The number of ether oxygens (including phenoxy) is 4. The summed E-state index contributed by atoms with van der Waals surface area (Å²) in [5.74, 6) is 2.58. The Kier molecular flexibility index (Phi) is 25.0. The van der Waals surface area contributed by atoms with Gasteiger partial charge in [-0.25, -0.2) is 18.9 Å². The molecule has 372 valence electrons. The van der Waals surface area contributed by atoms with Gasteiger partial charge in [0.15, 0.2) is 35.9 Å². The average molecular weight is 1180 g/mol. The molecule has 0 atom stereocenters. The topological polar surface area (TPSA) is 195 Å². The number of fused-ring (bicyclic) bond motifs is 1. The fourth-order valence-electron chi connectivity index (χ4n) is 5.78. The van der Waals surface area contributed by atoms with Crippen LogP contribution < -0.4 is 14.9 Å². The van der Waals surface area contributed by atoms with E-state index in [0.717, 1.165) is 31.8 Å². The number of nitrogens with zero attached hydrogens (tertiary/aromatic N) is 3. The number of rotatable bonds is 8. The van der Waals surface area contributed by atoms with E-state index in [2.05, 4.69) is 62.3 Å². The monoisotopic (exact) mass is 1180 g/mol. The Morgan fingerprint density at radius 2 is 1.01 bits per heavy atom. The summed E-state index contributed by atoms with van der Waals surface area (Å²) in [6, 6.07) is 39.4. The highest BCUT2D eigenvalue weighted by Gasteiger charge is 2.27. The van der Waals surface area contributed by atoms with E-state index in [9.17, 15) is 24.1 Å². The van der Waals surface area contributed by atoms with Crippen LogP contribution in [0.5, 0.6) is 34.5 Å². The van der Waals surface area contributed by atoms with Gasteiger partial charge in [0.2, 0.25) is 0 Å². The number of hydrogen-bond donors (Lipinski definition) is 5. The first-order valence-electron chi connectivity index (χ1n) is 21.2. The number of aromatic hydroxyl groups is 2. The van der Waals surface area contributed by atoms with Crippen molar-refractivity contribution < 1.29 is 63.0 Å². The van der Waals surface area contributed by atoms with E-state index in [4.69, 9.17) is 58.6 Å². The van der Waals surface area contributed by atoms with E-state index in [1.54, 1.807) is 103 Å². The van der Waals surface area contributed by atoms with Crippen LogP contribution in [-0.2, 0) is 20.7 Å². The molecule has 0 aromatic heterocycles. The van der Waals surface area contributed by atoms with E-state index in [1.165, 1.54) is 36.4 Å². The second-order valence-corrected chi connectivity index (χ2v) is 16.9. The molecule has 2 aliphatic rings. The van der Waals surface area contributed by atoms with Crippen LogP contribution in [0.1, 0.15) is 38.1 Å². The zero-order valence-electron chi connectivity index (χ0n) is 38.1. The first kappa shape index (κ1) is 58.3. The van der Waals surface area contributed by atoms with Gasteiger partial charge in [0.25, 0.3) is 0 Å². The highest BCUT2D eigenvalue weighted by molar-refractivity contribution is 9.11. The lowest BCUT2D eigenvalue weighted by atomic mass is 9.80. The molecule has 1 fully saturated rings. The molecule has 15 nitrogen and oxygen atoms in total. The maximum atomic E-state index is 12.1. The number of halogens is 4. The molecule has 0 amide bonds. The van der Waals surface area contributed by atoms with Crippen molar-refractivity contribution in [1.29, 1.82) is 0 Å². The van der Waals surface area contributed by atoms with Crippen molar-refractivity contribution in [2.75, 3.05) is 26.4 Å². The van der Waals surface area contributed by atoms with Crippen molar-refractivity contribution >= 4 is 90.0 Å². The normalized spacial score (nSPS) is 11.6. The van der Waals surface area contributed by atoms with Crippen molar-refractivity contribution in [1.82, 2.24) is 0 Å². The van der Waals surface area contributed by atoms with Crippen molar-refractivity contribution in [2.24, 2.45) is 0 Å². The van der Waals surface area contributed by atoms with Crippen LogP contribution in [0.15, 0.2) is 159 Å². The number of carbonyl (C=O) groups excluding carboxylic acids is 2. The Morgan fingerprint density at radius 1 is 0.589 bits per heavy atom. The number of phenolic OH excluding ortho intramolecular Hbond substituents is 2. The van der Waals surface area contributed by atoms with E-state index in [-0.39, 0.29) is 36.8 Å². The molecule has 0 radical (unpaired) electrons. The summed E-state index contributed by atoms with van der Waals surface area (Å²) < 4.78 is 41.5. The minimum absolute atomic E-state index is 0.102. The quantitative estimate of drug-likeness (QED) is 0.0550. The molecule has 9 rings (SSSR count). The Morgan fingerprint density at radius 3 is 1.49 bits per heavy atom. The predicted molar refractivity (Wildman–Crippen MR) is 282 cm³/mol. The van der Waals surface area contributed by atoms with Crippen molar-refractivity contribution in [3.63, 3.8) is 0 Å². The largest absolute Gasteiger partial charge is 0.508 e. The number of benzene rings is 7. The molecule has 0 aliphatic carbocycles. The summed E-state index contributed by atoms with van der Waals surface area (Å²) in [6.07, 6.45) is 1.10. The smallest absolute Gasteiger partial charge is 0.491 e. The second kappa shape index (κ2) is 31.3. The van der Waals surface area contributed by atoms with Crippen LogP contribution in [0.4, 0.5) is 21.5 Å². The number of carbonyl (C=O) groups is 2. The lowest BCUT2D eigenvalue weighted by Crippen LogP contribution is -2.27. The molecule has 0 saturated carbocycles. The van der Waals surface area contributed by atoms with E-state index >= 15 is 0 Å². The lowest BCUT2D eigenvalue weighted by molar-refractivity contribution is -0.0447. The van der Waals surface area contributed by atoms with Crippen LogP contribution >= 0.6 is 47.8 Å². The summed E-state index contributed by atoms with van der Waals surface area (Å²) in [7, 11) is -0.831. The van der Waals surface area contributed by atoms with Gasteiger partial charge < -0.3 is 49.1 Å². The molecule has 7 aromatic carbocycles. The third-order valence-electron chi connectivity index (χ3n) is 9.29. The fourth-order valence-corrected chi connectivity index (χ4v) is 6.90. The summed E-state index contributed by atoms with van der Waals surface area (Å²) in [5.41, 5.74) is 5.15. The van der Waals surface area contributed by atoms with Crippen molar-refractivity contribution in [2.45, 2.75) is 12.9 Å². The summed E-state index contributed by atoms with van der Waals surface area (Å²) in [6.45, 7) is 21.6. The standard InChI is InChI=1S/C14H10BNO3.C14H8BrNO2.C9H9BrO3.C7H5BrO2.C7H4FN.C2H6O2/c1-16-11-2-4-12(5-3-11)19-13-6-7-14-10(8-13)9-18-15(14)17;1-16-11-2-4-12(5-3-11)18-13-6-7-14(15)10(8-13)9-17;10-8-2-1-6(11)5-7(8)9-12-3-4-13-9;8-7-2-1-6(10)3-5(7)4-9;1-9-7-4-2-6(8)3-5-7;3-1-2-4/h2-8,17H,9H2;2-9H;1-2,5,9,11H,3-4H2;1-4,10H;2-5H;3-4H,1-2H2. The predicted octanol–water partition coefficient (Wildman–Crippen LogP) is 12.4. The molecule has 0 spiro atoms. The zero-order valence-corrected chi connectivity index (χ0v) is 42.9. The van der Waals surface area contributed by atoms with E-state index in [0.29, 0.717) is 81.8 Å². The highest BCUT2D eigenvalue weighted by atomic mass is 79.9. The van der Waals surface area contributed by atoms with Crippen LogP contribution in [-0.4, -0.2) is 71.6 Å². The third-order valence-corrected chi connectivity index (χ3v) is 11.5. The Bertz CT molecular complexity index is 3020. The molecule has 0 unspecified atom stereocenters. The Hall–Kier alpha value is -7.26. The highest BCUT2D eigenvalue weighted by Crippen LogP contribution is 2.33. The zero-order chi connectivity index (χ0) is 53.1. The molecular weight excluding hydrogens is 1140 g/mol. The number of aliphatic hydroxyl groups is 2. The molecule has 2 aliphatic heterocycles. The number of aldehydes is 2. The fraction of sp³-hybridized carbons (Fsp3) is 0.113. The van der Waals surface area contributed by atoms with Gasteiger partial charge in [0.05, 0.1) is 52.8 Å². The van der Waals surface area contributed by atoms with Gasteiger partial charge in [-0.3, -0.25) is 9.59 Å². The summed E-state index contributed by atoms with van der Waals surface area (Å²) in [4.78, 5) is 30.8. The van der Waals surface area contributed by atoms with Crippen LogP contribution in [0.25, 0.3) is 14.5 Å².